The van der Waals surface area contributed by atoms with Crippen LogP contribution in [0.4, 0.5) is 8.78 Å². The molecule has 0 fully saturated rings. The molecule has 0 saturated heterocycles. The van der Waals surface area contributed by atoms with Crippen molar-refractivity contribution in [2.24, 2.45) is 0 Å². The first kappa shape index (κ1) is 11.8. The molecule has 0 atom stereocenters. The number of ether oxygens (including phenoxy) is 1. The number of carbonyl (C=O) groups excluding carboxylic acids is 1. The Bertz CT molecular complexity index is 371. The number of hydrogen-bond donors (Lipinski definition) is 0. The van der Waals surface area contributed by atoms with Crippen LogP contribution in [0, 0.1) is 0 Å². The Balaban J connectivity index is 3.22. The Morgan fingerprint density at radius 2 is 2.27 bits per heavy atom. The van der Waals surface area contributed by atoms with E-state index >= 15 is 0 Å². The summed E-state index contributed by atoms with van der Waals surface area (Å²) >= 11 is 5.48. The van der Waals surface area contributed by atoms with Gasteiger partial charge in [0.2, 0.25) is 0 Å². The molecule has 0 saturated carbocycles. The van der Waals surface area contributed by atoms with Gasteiger partial charge in [0.25, 0.3) is 6.43 Å². The van der Waals surface area contributed by atoms with Gasteiger partial charge < -0.3 is 4.74 Å². The summed E-state index contributed by atoms with van der Waals surface area (Å²) in [7, 11) is 1.10. The van der Waals surface area contributed by atoms with Crippen molar-refractivity contribution >= 4 is 17.6 Å². The number of methoxy groups -OCH3 is 1. The van der Waals surface area contributed by atoms with Crippen LogP contribution >= 0.6 is 11.6 Å². The van der Waals surface area contributed by atoms with Crippen molar-refractivity contribution in [1.29, 1.82) is 0 Å². The fourth-order valence-electron chi connectivity index (χ4n) is 1.02. The van der Waals surface area contributed by atoms with E-state index in [9.17, 15) is 13.6 Å². The number of carbonyl (C=O) groups is 1. The largest absolute Gasteiger partial charge is 0.464 e. The Morgan fingerprint density at radius 1 is 1.60 bits per heavy atom. The molecule has 6 heteroatoms. The number of halogens is 3. The summed E-state index contributed by atoms with van der Waals surface area (Å²) in [6.07, 6.45) is -2.77. The quantitative estimate of drug-likeness (QED) is 0.597. The third kappa shape index (κ3) is 2.62. The molecule has 0 spiro atoms. The van der Waals surface area contributed by atoms with Crippen molar-refractivity contribution in [3.8, 4) is 0 Å². The molecular weight excluding hydrogens is 228 g/mol. The van der Waals surface area contributed by atoms with E-state index in [0.717, 1.165) is 13.2 Å². The normalized spacial score (nSPS) is 10.5. The van der Waals surface area contributed by atoms with Crippen LogP contribution in [0.15, 0.2) is 12.1 Å². The molecule has 0 N–H and O–H groups in total. The second-order valence-corrected chi connectivity index (χ2v) is 2.93. The van der Waals surface area contributed by atoms with Crippen LogP contribution < -0.4 is 0 Å². The zero-order valence-electron chi connectivity index (χ0n) is 7.84. The monoisotopic (exact) mass is 235 g/mol. The number of nitrogens with zero attached hydrogens (tertiary/aromatic N) is 1. The van der Waals surface area contributed by atoms with Crippen LogP contribution in [-0.4, -0.2) is 18.1 Å². The first-order valence-corrected chi connectivity index (χ1v) is 4.55. The second-order valence-electron chi connectivity index (χ2n) is 2.67. The van der Waals surface area contributed by atoms with Crippen molar-refractivity contribution in [1.82, 2.24) is 4.98 Å². The Hall–Kier alpha value is -1.23. The van der Waals surface area contributed by atoms with Gasteiger partial charge in [0.15, 0.2) is 5.69 Å². The molecule has 0 aromatic carbocycles. The third-order valence-electron chi connectivity index (χ3n) is 1.73. The van der Waals surface area contributed by atoms with Gasteiger partial charge in [-0.2, -0.15) is 0 Å². The lowest BCUT2D eigenvalue weighted by atomic mass is 10.2. The highest BCUT2D eigenvalue weighted by atomic mass is 35.5. The van der Waals surface area contributed by atoms with E-state index in [1.165, 1.54) is 6.07 Å². The second kappa shape index (κ2) is 5.02. The van der Waals surface area contributed by atoms with Crippen molar-refractivity contribution in [2.75, 3.05) is 7.11 Å². The molecule has 1 aromatic heterocycles. The minimum atomic E-state index is -2.77. The smallest absolute Gasteiger partial charge is 0.357 e. The van der Waals surface area contributed by atoms with E-state index < -0.39 is 18.0 Å². The summed E-state index contributed by atoms with van der Waals surface area (Å²) in [5.74, 6) is -0.842. The minimum absolute atomic E-state index is 0.0491. The highest BCUT2D eigenvalue weighted by Gasteiger charge is 2.20. The molecule has 3 nitrogen and oxygen atoms in total. The van der Waals surface area contributed by atoms with Crippen LogP contribution in [0.1, 0.15) is 28.2 Å². The lowest BCUT2D eigenvalue weighted by Gasteiger charge is -2.07. The molecule has 1 rings (SSSR count). The molecule has 1 heterocycles. The van der Waals surface area contributed by atoms with Crippen molar-refractivity contribution in [3.05, 3.63) is 29.1 Å². The highest BCUT2D eigenvalue weighted by molar-refractivity contribution is 6.16. The molecular formula is C9H8ClF2NO2. The van der Waals surface area contributed by atoms with Gasteiger partial charge in [0.05, 0.1) is 24.2 Å². The number of hydrogen-bond acceptors (Lipinski definition) is 3. The van der Waals surface area contributed by atoms with Crippen molar-refractivity contribution in [2.45, 2.75) is 12.3 Å². The fraction of sp³-hybridized carbons (Fsp3) is 0.333. The van der Waals surface area contributed by atoms with Crippen LogP contribution in [0.5, 0.6) is 0 Å². The third-order valence-corrected chi connectivity index (χ3v) is 2.01. The van der Waals surface area contributed by atoms with Gasteiger partial charge in [-0.15, -0.1) is 11.6 Å². The molecule has 0 radical (unpaired) electrons. The van der Waals surface area contributed by atoms with Crippen LogP contribution in [-0.2, 0) is 10.6 Å². The summed E-state index contributed by atoms with van der Waals surface area (Å²) in [5, 5.41) is 0. The van der Waals surface area contributed by atoms with E-state index in [1.54, 1.807) is 0 Å². The first-order valence-electron chi connectivity index (χ1n) is 4.02. The maximum absolute atomic E-state index is 12.5. The first-order chi connectivity index (χ1) is 7.10. The van der Waals surface area contributed by atoms with E-state index in [0.29, 0.717) is 5.69 Å². The Kier molecular flexibility index (Phi) is 3.96. The number of alkyl halides is 3. The molecule has 1 aromatic rings. The predicted octanol–water partition coefficient (Wildman–Crippen LogP) is 2.54. The average molecular weight is 236 g/mol. The van der Waals surface area contributed by atoms with Gasteiger partial charge in [-0.05, 0) is 12.1 Å². The zero-order chi connectivity index (χ0) is 11.4. The topological polar surface area (TPSA) is 39.2 Å². The SMILES string of the molecule is COC(=O)c1nc(CCl)ccc1C(F)F. The number of aromatic nitrogens is 1. The minimum Gasteiger partial charge on any atom is -0.464 e. The van der Waals surface area contributed by atoms with E-state index in [-0.39, 0.29) is 11.6 Å². The molecule has 0 aliphatic carbocycles. The number of pyridine rings is 1. The van der Waals surface area contributed by atoms with Crippen LogP contribution in [0.3, 0.4) is 0 Å². The van der Waals surface area contributed by atoms with Gasteiger partial charge in [-0.1, -0.05) is 0 Å². The lowest BCUT2D eigenvalue weighted by Crippen LogP contribution is -2.10. The summed E-state index contributed by atoms with van der Waals surface area (Å²) in [5.41, 5.74) is -0.483. The summed E-state index contributed by atoms with van der Waals surface area (Å²) in [4.78, 5) is 14.8. The highest BCUT2D eigenvalue weighted by Crippen LogP contribution is 2.22. The predicted molar refractivity (Wildman–Crippen MR) is 50.1 cm³/mol. The van der Waals surface area contributed by atoms with Gasteiger partial charge >= 0.3 is 5.97 Å². The maximum Gasteiger partial charge on any atom is 0.357 e. The fourth-order valence-corrected chi connectivity index (χ4v) is 1.17. The van der Waals surface area contributed by atoms with Gasteiger partial charge in [-0.3, -0.25) is 0 Å². The van der Waals surface area contributed by atoms with E-state index in [4.69, 9.17) is 11.6 Å². The van der Waals surface area contributed by atoms with Crippen molar-refractivity contribution < 1.29 is 18.3 Å². The zero-order valence-corrected chi connectivity index (χ0v) is 8.59. The maximum atomic E-state index is 12.5. The van der Waals surface area contributed by atoms with Gasteiger partial charge in [0, 0.05) is 0 Å². The Labute approximate surface area is 90.0 Å². The molecule has 0 amide bonds. The van der Waals surface area contributed by atoms with Crippen LogP contribution in [0.2, 0.25) is 0 Å². The molecule has 0 aliphatic rings. The molecule has 82 valence electrons. The average Bonchev–Trinajstić information content (AvgIpc) is 2.26. The van der Waals surface area contributed by atoms with Gasteiger partial charge in [0.1, 0.15) is 0 Å². The molecule has 0 bridgehead atoms. The summed E-state index contributed by atoms with van der Waals surface area (Å²) < 4.78 is 29.3. The lowest BCUT2D eigenvalue weighted by molar-refractivity contribution is 0.0581. The Morgan fingerprint density at radius 3 is 2.73 bits per heavy atom. The summed E-state index contributed by atoms with van der Waals surface area (Å²) in [6, 6.07) is 2.47. The summed E-state index contributed by atoms with van der Waals surface area (Å²) in [6.45, 7) is 0. The van der Waals surface area contributed by atoms with E-state index in [2.05, 4.69) is 9.72 Å². The standard InChI is InChI=1S/C9H8ClF2NO2/c1-15-9(14)7-6(8(11)12)3-2-5(4-10)13-7/h2-3,8H,4H2,1H3. The van der Waals surface area contributed by atoms with Crippen molar-refractivity contribution in [3.63, 3.8) is 0 Å². The van der Waals surface area contributed by atoms with Crippen LogP contribution in [0.25, 0.3) is 0 Å². The molecule has 15 heavy (non-hydrogen) atoms. The number of rotatable bonds is 3. The van der Waals surface area contributed by atoms with Gasteiger partial charge in [-0.25, -0.2) is 18.6 Å². The number of esters is 1. The molecule has 0 unspecified atom stereocenters. The molecule has 0 aliphatic heterocycles. The van der Waals surface area contributed by atoms with E-state index in [1.807, 2.05) is 0 Å².